The van der Waals surface area contributed by atoms with Crippen LogP contribution in [0.1, 0.15) is 522 Å². The zero-order valence-corrected chi connectivity index (χ0v) is 67.9. The smallest absolute Gasteiger partial charge is 0.338 e. The van der Waals surface area contributed by atoms with Gasteiger partial charge in [-0.25, -0.2) is 4.79 Å². The summed E-state index contributed by atoms with van der Waals surface area (Å²) in [5.41, 5.74) is 0. The van der Waals surface area contributed by atoms with Crippen molar-refractivity contribution in [1.29, 1.82) is 0 Å². The van der Waals surface area contributed by atoms with Gasteiger partial charge in [0.25, 0.3) is 11.8 Å². The number of unbranched alkanes of at least 4 members (excludes halogenated alkanes) is 64. The second kappa shape index (κ2) is 72.1. The molecule has 0 aromatic carbocycles. The predicted molar refractivity (Wildman–Crippen MR) is 430 cm³/mol. The quantitative estimate of drug-likeness (QED) is 0.0482. The fourth-order valence-corrected chi connectivity index (χ4v) is 17.0. The van der Waals surface area contributed by atoms with Crippen molar-refractivity contribution in [1.82, 2.24) is 5.06 Å². The number of imide groups is 1. The number of amides is 2. The Morgan fingerprint density at radius 1 is 0.354 bits per heavy atom. The molecule has 7 nitrogen and oxygen atoms in total. The van der Waals surface area contributed by atoms with Crippen molar-refractivity contribution >= 4 is 17.8 Å². The van der Waals surface area contributed by atoms with Gasteiger partial charge < -0.3 is 14.7 Å². The number of ether oxygens (including phenoxy) is 1. The van der Waals surface area contributed by atoms with Gasteiger partial charge in [-0.05, 0) is 55.8 Å². The third-order valence-corrected chi connectivity index (χ3v) is 24.2. The SMILES string of the molecule is CCCCCCCCCCCCCCCCCCCCCCCC[C@@H](C(=O)ON1C(=O)CCC1=O)[C@H](O)CCCCCCCCCCCCCCCCCCC1CC1C(C)CCCCCCCCCCCCCCCC[C@H](OC)[C@@H](C)CCCCCCCCCCCCCCCCCC. The predicted octanol–water partition coefficient (Wildman–Crippen LogP) is 30.4. The van der Waals surface area contributed by atoms with Gasteiger partial charge in [0, 0.05) is 20.0 Å². The number of carbonyl (C=O) groups is 3. The standard InChI is InChI=1S/C92H177NO6/c1-6-8-10-12-14-16-18-20-22-24-25-26-27-28-29-34-41-47-53-59-65-71-77-86(92(97)99-93-90(95)80-81-91(93)96)88(94)78-72-66-60-54-48-42-35-31-30-33-40-46-52-58-64-70-76-85-82-87(85)83(3)74-68-62-56-50-44-38-36-37-43-49-55-61-67-73-79-89(98-5)84(4)75-69-63-57-51-45-39-32-23-21-19-17-15-13-11-9-7-2/h83-89,94H,6-82H2,1-5H3/t83?,84-,85?,86+,87?,88+,89-/m0/s1. The van der Waals surface area contributed by atoms with Gasteiger partial charge in [-0.15, -0.1) is 5.06 Å². The van der Waals surface area contributed by atoms with E-state index in [1.54, 1.807) is 0 Å². The first-order valence-electron chi connectivity index (χ1n) is 46.0. The first-order chi connectivity index (χ1) is 48.7. The number of rotatable bonds is 82. The summed E-state index contributed by atoms with van der Waals surface area (Å²) in [6, 6.07) is 0. The van der Waals surface area contributed by atoms with Crippen LogP contribution in [0.2, 0.25) is 0 Å². The summed E-state index contributed by atoms with van der Waals surface area (Å²) >= 11 is 0. The van der Waals surface area contributed by atoms with E-state index >= 15 is 0 Å². The first kappa shape index (κ1) is 93.6. The van der Waals surface area contributed by atoms with Gasteiger partial charge in [0.2, 0.25) is 0 Å². The third kappa shape index (κ3) is 58.4. The molecule has 7 heteroatoms. The van der Waals surface area contributed by atoms with Crippen molar-refractivity contribution in [3.05, 3.63) is 0 Å². The van der Waals surface area contributed by atoms with Gasteiger partial charge >= 0.3 is 5.97 Å². The molecule has 1 aliphatic carbocycles. The van der Waals surface area contributed by atoms with Crippen molar-refractivity contribution in [2.75, 3.05) is 7.11 Å². The molecule has 0 aromatic heterocycles. The number of aliphatic hydroxyl groups is 1. The number of hydrogen-bond acceptors (Lipinski definition) is 6. The van der Waals surface area contributed by atoms with Gasteiger partial charge in [0.15, 0.2) is 0 Å². The fourth-order valence-electron chi connectivity index (χ4n) is 17.0. The minimum Gasteiger partial charge on any atom is -0.392 e. The highest BCUT2D eigenvalue weighted by molar-refractivity contribution is 6.01. The first-order valence-corrected chi connectivity index (χ1v) is 46.0. The molecule has 586 valence electrons. The highest BCUT2D eigenvalue weighted by Crippen LogP contribution is 2.49. The van der Waals surface area contributed by atoms with E-state index in [1.165, 1.54) is 430 Å². The molecule has 3 unspecified atom stereocenters. The molecule has 0 aromatic rings. The lowest BCUT2D eigenvalue weighted by atomic mass is 9.91. The monoisotopic (exact) mass is 1390 g/mol. The largest absolute Gasteiger partial charge is 0.392 e. The Hall–Kier alpha value is -1.47. The summed E-state index contributed by atoms with van der Waals surface area (Å²) in [5.74, 6) is 1.52. The Kier molecular flexibility index (Phi) is 68.2. The summed E-state index contributed by atoms with van der Waals surface area (Å²) in [7, 11) is 1.96. The molecule has 7 atom stereocenters. The Morgan fingerprint density at radius 2 is 0.606 bits per heavy atom. The third-order valence-electron chi connectivity index (χ3n) is 24.2. The zero-order valence-electron chi connectivity index (χ0n) is 67.9. The molecule has 2 fully saturated rings. The van der Waals surface area contributed by atoms with E-state index in [0.717, 1.165) is 56.3 Å². The number of methoxy groups -OCH3 is 1. The highest BCUT2D eigenvalue weighted by atomic mass is 16.7. The number of nitrogens with zero attached hydrogens (tertiary/aromatic N) is 1. The van der Waals surface area contributed by atoms with Gasteiger partial charge in [-0.2, -0.15) is 0 Å². The van der Waals surface area contributed by atoms with Crippen LogP contribution in [0.4, 0.5) is 0 Å². The molecule has 0 bridgehead atoms. The summed E-state index contributed by atoms with van der Waals surface area (Å²) in [6.45, 7) is 9.62. The Labute approximate surface area is 619 Å². The van der Waals surface area contributed by atoms with Gasteiger partial charge in [0.1, 0.15) is 0 Å². The summed E-state index contributed by atoms with van der Waals surface area (Å²) in [4.78, 5) is 43.1. The zero-order chi connectivity index (χ0) is 71.2. The minimum absolute atomic E-state index is 0.0809. The molecule has 0 radical (unpaired) electrons. The average Bonchev–Trinajstić information content (AvgIpc) is 1.70. The molecule has 99 heavy (non-hydrogen) atoms. The van der Waals surface area contributed by atoms with Crippen molar-refractivity contribution in [3.8, 4) is 0 Å². The van der Waals surface area contributed by atoms with Crippen molar-refractivity contribution in [3.63, 3.8) is 0 Å². The Morgan fingerprint density at radius 3 is 0.909 bits per heavy atom. The molecule has 2 aliphatic rings. The summed E-state index contributed by atoms with van der Waals surface area (Å²) in [5, 5.41) is 11.9. The molecule has 1 heterocycles. The number of hydroxylamine groups is 2. The van der Waals surface area contributed by atoms with E-state index in [0.29, 0.717) is 29.9 Å². The lowest BCUT2D eigenvalue weighted by Gasteiger charge is -2.23. The van der Waals surface area contributed by atoms with Crippen LogP contribution in [0, 0.1) is 29.6 Å². The van der Waals surface area contributed by atoms with E-state index < -0.39 is 29.8 Å². The Bertz CT molecular complexity index is 1690. The molecule has 2 amide bonds. The summed E-state index contributed by atoms with van der Waals surface area (Å²) < 4.78 is 5.99. The van der Waals surface area contributed by atoms with Gasteiger partial charge in [-0.3, -0.25) is 9.59 Å². The van der Waals surface area contributed by atoms with Crippen LogP contribution in [-0.4, -0.2) is 47.3 Å². The molecule has 2 rings (SSSR count). The second-order valence-corrected chi connectivity index (χ2v) is 33.6. The average molecular weight is 1390 g/mol. The molecule has 1 saturated heterocycles. The fraction of sp³-hybridized carbons (Fsp3) is 0.967. The van der Waals surface area contributed by atoms with Crippen LogP contribution >= 0.6 is 0 Å². The minimum atomic E-state index is -0.811. The second-order valence-electron chi connectivity index (χ2n) is 33.6. The van der Waals surface area contributed by atoms with Crippen LogP contribution in [-0.2, 0) is 24.0 Å². The normalized spacial score (nSPS) is 16.3. The molecular formula is C92H177NO6. The van der Waals surface area contributed by atoms with Crippen molar-refractivity contribution < 1.29 is 29.1 Å². The van der Waals surface area contributed by atoms with Crippen molar-refractivity contribution in [2.24, 2.45) is 29.6 Å². The van der Waals surface area contributed by atoms with Gasteiger partial charge in [-0.1, -0.05) is 477 Å². The van der Waals surface area contributed by atoms with Crippen molar-refractivity contribution in [2.45, 2.75) is 534 Å². The maximum atomic E-state index is 13.3. The van der Waals surface area contributed by atoms with Gasteiger partial charge in [0.05, 0.1) is 18.1 Å². The van der Waals surface area contributed by atoms with Crippen LogP contribution in [0.5, 0.6) is 0 Å². The molecule has 1 saturated carbocycles. The highest BCUT2D eigenvalue weighted by Gasteiger charge is 2.40. The molecule has 0 spiro atoms. The van der Waals surface area contributed by atoms with E-state index in [1.807, 2.05) is 7.11 Å². The lowest BCUT2D eigenvalue weighted by molar-refractivity contribution is -0.203. The maximum absolute atomic E-state index is 13.3. The number of hydrogen-bond donors (Lipinski definition) is 1. The van der Waals surface area contributed by atoms with Crippen LogP contribution in [0.3, 0.4) is 0 Å². The summed E-state index contributed by atoms with van der Waals surface area (Å²) in [6.07, 6.45) is 102. The lowest BCUT2D eigenvalue weighted by Crippen LogP contribution is -2.38. The van der Waals surface area contributed by atoms with E-state index in [2.05, 4.69) is 27.7 Å². The van der Waals surface area contributed by atoms with E-state index in [4.69, 9.17) is 9.57 Å². The molecular weight excluding hydrogens is 1220 g/mol. The topological polar surface area (TPSA) is 93.1 Å². The maximum Gasteiger partial charge on any atom is 0.338 e. The Balaban J connectivity index is 1.31. The van der Waals surface area contributed by atoms with Crippen LogP contribution in [0.15, 0.2) is 0 Å². The van der Waals surface area contributed by atoms with Crippen LogP contribution in [0.25, 0.3) is 0 Å². The number of aliphatic hydroxyl groups excluding tert-OH is 1. The van der Waals surface area contributed by atoms with E-state index in [-0.39, 0.29) is 12.8 Å². The molecule has 1 aliphatic heterocycles. The molecule has 1 N–H and O–H groups in total. The van der Waals surface area contributed by atoms with Crippen LogP contribution < -0.4 is 0 Å². The van der Waals surface area contributed by atoms with E-state index in [9.17, 15) is 19.5 Å². The number of carbonyl (C=O) groups excluding carboxylic acids is 3.